The van der Waals surface area contributed by atoms with Gasteiger partial charge in [-0.3, -0.25) is 19.4 Å². The summed E-state index contributed by atoms with van der Waals surface area (Å²) in [6.07, 6.45) is 0.577. The maximum atomic E-state index is 13.0. The molecule has 2 fully saturated rings. The van der Waals surface area contributed by atoms with E-state index in [1.54, 1.807) is 19.1 Å². The number of rotatable bonds is 6. The van der Waals surface area contributed by atoms with Crippen molar-refractivity contribution in [2.75, 3.05) is 39.4 Å². The molecular formula is C19H26N4O5S. The number of hydrogen-bond donors (Lipinski definition) is 0. The average molecular weight is 423 g/mol. The molecule has 9 nitrogen and oxygen atoms in total. The molecule has 4 amide bonds. The van der Waals surface area contributed by atoms with E-state index in [2.05, 4.69) is 0 Å². The van der Waals surface area contributed by atoms with Gasteiger partial charge in [0.25, 0.3) is 0 Å². The highest BCUT2D eigenvalue weighted by atomic mass is 32.2. The lowest BCUT2D eigenvalue weighted by Gasteiger charge is -2.35. The van der Waals surface area contributed by atoms with Gasteiger partial charge in [-0.15, -0.1) is 0 Å². The monoisotopic (exact) mass is 422 g/mol. The molecule has 10 heteroatoms. The number of piperazine rings is 1. The van der Waals surface area contributed by atoms with Crippen LogP contribution in [-0.2, 0) is 19.6 Å². The Hall–Kier alpha value is -2.30. The minimum Gasteiger partial charge on any atom is -0.283 e. The van der Waals surface area contributed by atoms with E-state index in [-0.39, 0.29) is 26.3 Å². The van der Waals surface area contributed by atoms with E-state index >= 15 is 0 Å². The van der Waals surface area contributed by atoms with Crippen molar-refractivity contribution in [3.8, 4) is 0 Å². The van der Waals surface area contributed by atoms with Crippen LogP contribution in [0, 0.1) is 13.8 Å². The fourth-order valence-corrected chi connectivity index (χ4v) is 5.26. The van der Waals surface area contributed by atoms with E-state index in [9.17, 15) is 22.8 Å². The van der Waals surface area contributed by atoms with Crippen LogP contribution in [-0.4, -0.2) is 84.7 Å². The molecule has 0 unspecified atom stereocenters. The van der Waals surface area contributed by atoms with Gasteiger partial charge < -0.3 is 0 Å². The van der Waals surface area contributed by atoms with Gasteiger partial charge in [0.1, 0.15) is 0 Å². The lowest BCUT2D eigenvalue weighted by molar-refractivity contribution is -0.144. The second kappa shape index (κ2) is 8.21. The van der Waals surface area contributed by atoms with Crippen LogP contribution in [0.15, 0.2) is 23.1 Å². The summed E-state index contributed by atoms with van der Waals surface area (Å²) < 4.78 is 27.4. The van der Waals surface area contributed by atoms with Crippen molar-refractivity contribution in [2.24, 2.45) is 0 Å². The number of carbonyl (C=O) groups excluding carboxylic acids is 3. The van der Waals surface area contributed by atoms with Crippen LogP contribution in [0.5, 0.6) is 0 Å². The van der Waals surface area contributed by atoms with E-state index in [0.29, 0.717) is 30.0 Å². The maximum Gasteiger partial charge on any atom is 0.335 e. The SMILES string of the molecule is CCCN1C(=O)C(=O)N(CN2CCN(S(=O)(=O)c3ccc(C)cc3C)CC2)C1=O. The van der Waals surface area contributed by atoms with Gasteiger partial charge in [0.2, 0.25) is 10.0 Å². The normalized spacial score (nSPS) is 19.5. The molecule has 0 spiro atoms. The van der Waals surface area contributed by atoms with Crippen molar-refractivity contribution in [3.63, 3.8) is 0 Å². The van der Waals surface area contributed by atoms with Crippen LogP contribution in [0.3, 0.4) is 0 Å². The standard InChI is InChI=1S/C19H26N4O5S/c1-4-7-22-17(24)18(25)23(19(22)26)13-20-8-10-21(11-9-20)29(27,28)16-6-5-14(2)12-15(16)3/h5-6,12H,4,7-11,13H2,1-3H3. The number of benzene rings is 1. The summed E-state index contributed by atoms with van der Waals surface area (Å²) in [6.45, 7) is 6.94. The number of urea groups is 1. The minimum absolute atomic E-state index is 0.0128. The molecule has 2 aliphatic heterocycles. The summed E-state index contributed by atoms with van der Waals surface area (Å²) in [4.78, 5) is 40.4. The highest BCUT2D eigenvalue weighted by molar-refractivity contribution is 7.89. The Morgan fingerprint density at radius 1 is 0.931 bits per heavy atom. The van der Waals surface area contributed by atoms with Gasteiger partial charge in [0, 0.05) is 32.7 Å². The van der Waals surface area contributed by atoms with Crippen LogP contribution in [0.1, 0.15) is 24.5 Å². The van der Waals surface area contributed by atoms with Gasteiger partial charge in [-0.2, -0.15) is 4.31 Å². The lowest BCUT2D eigenvalue weighted by atomic mass is 10.2. The van der Waals surface area contributed by atoms with Gasteiger partial charge in [-0.1, -0.05) is 24.6 Å². The number of hydrogen-bond acceptors (Lipinski definition) is 6. The third-order valence-corrected chi connectivity index (χ3v) is 7.26. The van der Waals surface area contributed by atoms with Crippen LogP contribution < -0.4 is 0 Å². The van der Waals surface area contributed by atoms with E-state index < -0.39 is 27.9 Å². The van der Waals surface area contributed by atoms with Crippen molar-refractivity contribution in [3.05, 3.63) is 29.3 Å². The van der Waals surface area contributed by atoms with Crippen molar-refractivity contribution >= 4 is 27.9 Å². The third kappa shape index (κ3) is 4.05. The molecule has 0 saturated carbocycles. The molecule has 0 aliphatic carbocycles. The van der Waals surface area contributed by atoms with Crippen molar-refractivity contribution in [1.29, 1.82) is 0 Å². The van der Waals surface area contributed by atoms with E-state index in [4.69, 9.17) is 0 Å². The van der Waals surface area contributed by atoms with Gasteiger partial charge in [-0.05, 0) is 31.9 Å². The molecule has 0 atom stereocenters. The Kier molecular flexibility index (Phi) is 6.06. The van der Waals surface area contributed by atoms with E-state index in [1.165, 1.54) is 4.31 Å². The Morgan fingerprint density at radius 2 is 1.55 bits per heavy atom. The zero-order valence-corrected chi connectivity index (χ0v) is 17.7. The van der Waals surface area contributed by atoms with Crippen LogP contribution in [0.2, 0.25) is 0 Å². The highest BCUT2D eigenvalue weighted by Gasteiger charge is 2.44. The molecule has 158 valence electrons. The van der Waals surface area contributed by atoms with Crippen LogP contribution >= 0.6 is 0 Å². The number of sulfonamides is 1. The predicted molar refractivity (Wildman–Crippen MR) is 105 cm³/mol. The maximum absolute atomic E-state index is 13.0. The van der Waals surface area contributed by atoms with E-state index in [0.717, 1.165) is 15.4 Å². The number of imide groups is 2. The first kappa shape index (κ1) is 21.4. The smallest absolute Gasteiger partial charge is 0.283 e. The average Bonchev–Trinajstić information content (AvgIpc) is 2.86. The molecule has 0 aromatic heterocycles. The largest absolute Gasteiger partial charge is 0.335 e. The Labute approximate surface area is 170 Å². The molecule has 1 aromatic rings. The van der Waals surface area contributed by atoms with E-state index in [1.807, 2.05) is 24.8 Å². The molecule has 0 bridgehead atoms. The van der Waals surface area contributed by atoms with Crippen molar-refractivity contribution in [2.45, 2.75) is 32.1 Å². The van der Waals surface area contributed by atoms with Gasteiger partial charge >= 0.3 is 17.8 Å². The molecule has 2 saturated heterocycles. The molecule has 0 N–H and O–H groups in total. The summed E-state index contributed by atoms with van der Waals surface area (Å²) in [7, 11) is -3.61. The number of aryl methyl sites for hydroxylation is 2. The highest BCUT2D eigenvalue weighted by Crippen LogP contribution is 2.22. The molecule has 29 heavy (non-hydrogen) atoms. The summed E-state index contributed by atoms with van der Waals surface area (Å²) in [6, 6.07) is 4.64. The van der Waals surface area contributed by atoms with Gasteiger partial charge in [-0.25, -0.2) is 18.1 Å². The Balaban J connectivity index is 1.64. The molecule has 2 aliphatic rings. The fraction of sp³-hybridized carbons (Fsp3) is 0.526. The lowest BCUT2D eigenvalue weighted by Crippen LogP contribution is -2.52. The Bertz CT molecular complexity index is 938. The van der Waals surface area contributed by atoms with Gasteiger partial charge in [0.05, 0.1) is 11.6 Å². The second-order valence-corrected chi connectivity index (χ2v) is 9.31. The second-order valence-electron chi connectivity index (χ2n) is 7.41. The summed E-state index contributed by atoms with van der Waals surface area (Å²) in [5.74, 6) is -1.62. The summed E-state index contributed by atoms with van der Waals surface area (Å²) in [5.41, 5.74) is 1.70. The fourth-order valence-electron chi connectivity index (χ4n) is 3.63. The molecule has 1 aromatic carbocycles. The zero-order valence-electron chi connectivity index (χ0n) is 16.9. The minimum atomic E-state index is -3.61. The topological polar surface area (TPSA) is 98.3 Å². The number of amides is 4. The summed E-state index contributed by atoms with van der Waals surface area (Å²) in [5, 5.41) is 0. The number of nitrogens with zero attached hydrogens (tertiary/aromatic N) is 4. The molecular weight excluding hydrogens is 396 g/mol. The molecule has 3 rings (SSSR count). The zero-order chi connectivity index (χ0) is 21.3. The van der Waals surface area contributed by atoms with Crippen LogP contribution in [0.4, 0.5) is 4.79 Å². The first-order valence-electron chi connectivity index (χ1n) is 9.64. The molecule has 0 radical (unpaired) electrons. The first-order chi connectivity index (χ1) is 13.7. The van der Waals surface area contributed by atoms with Crippen molar-refractivity contribution in [1.82, 2.24) is 19.0 Å². The van der Waals surface area contributed by atoms with Gasteiger partial charge in [0.15, 0.2) is 0 Å². The first-order valence-corrected chi connectivity index (χ1v) is 11.1. The predicted octanol–water partition coefficient (Wildman–Crippen LogP) is 0.768. The Morgan fingerprint density at radius 3 is 2.14 bits per heavy atom. The molecule has 2 heterocycles. The van der Waals surface area contributed by atoms with Crippen LogP contribution in [0.25, 0.3) is 0 Å². The number of carbonyl (C=O) groups is 3. The summed E-state index contributed by atoms with van der Waals surface area (Å²) >= 11 is 0. The van der Waals surface area contributed by atoms with Crippen molar-refractivity contribution < 1.29 is 22.8 Å². The quantitative estimate of drug-likeness (QED) is 0.496. The third-order valence-electron chi connectivity index (χ3n) is 5.20.